The van der Waals surface area contributed by atoms with Crippen molar-refractivity contribution in [1.82, 2.24) is 25.1 Å². The van der Waals surface area contributed by atoms with Crippen molar-refractivity contribution in [3.8, 4) is 0 Å². The molecular formula is C12H21N5O3S. The molecule has 1 saturated heterocycles. The average molecular weight is 315 g/mol. The van der Waals surface area contributed by atoms with Crippen molar-refractivity contribution in [1.29, 1.82) is 0 Å². The molecule has 0 saturated carbocycles. The van der Waals surface area contributed by atoms with Crippen LogP contribution in [0.3, 0.4) is 0 Å². The van der Waals surface area contributed by atoms with Crippen LogP contribution in [-0.2, 0) is 20.8 Å². The van der Waals surface area contributed by atoms with E-state index in [4.69, 9.17) is 9.47 Å². The summed E-state index contributed by atoms with van der Waals surface area (Å²) < 4.78 is 11.8. The number of thioether (sulfide) groups is 1. The number of carbonyl (C=O) groups is 1. The van der Waals surface area contributed by atoms with Gasteiger partial charge in [-0.1, -0.05) is 11.8 Å². The van der Waals surface area contributed by atoms with E-state index in [0.29, 0.717) is 17.5 Å². The molecule has 118 valence electrons. The molecule has 0 aromatic carbocycles. The summed E-state index contributed by atoms with van der Waals surface area (Å²) in [7, 11) is 3.12. The van der Waals surface area contributed by atoms with Gasteiger partial charge in [-0.05, 0) is 29.7 Å². The van der Waals surface area contributed by atoms with E-state index >= 15 is 0 Å². The van der Waals surface area contributed by atoms with Crippen LogP contribution >= 0.6 is 11.8 Å². The zero-order chi connectivity index (χ0) is 15.1. The summed E-state index contributed by atoms with van der Waals surface area (Å²) in [6.07, 6.45) is 2.99. The summed E-state index contributed by atoms with van der Waals surface area (Å²) in [4.78, 5) is 14.0. The summed E-state index contributed by atoms with van der Waals surface area (Å²) in [5.41, 5.74) is 0. The molecule has 1 amide bonds. The average Bonchev–Trinajstić information content (AvgIpc) is 2.98. The van der Waals surface area contributed by atoms with Gasteiger partial charge in [0.25, 0.3) is 0 Å². The van der Waals surface area contributed by atoms with Crippen LogP contribution in [0.4, 0.5) is 0 Å². The first-order valence-electron chi connectivity index (χ1n) is 6.97. The van der Waals surface area contributed by atoms with Crippen LogP contribution in [0.1, 0.15) is 19.3 Å². The highest BCUT2D eigenvalue weighted by Gasteiger charge is 2.19. The highest BCUT2D eigenvalue weighted by molar-refractivity contribution is 7.99. The Bertz CT molecular complexity index is 446. The first-order chi connectivity index (χ1) is 10.2. The molecule has 8 nitrogen and oxygen atoms in total. The van der Waals surface area contributed by atoms with Crippen LogP contribution in [0.15, 0.2) is 5.16 Å². The summed E-state index contributed by atoms with van der Waals surface area (Å²) in [5, 5.41) is 12.1. The number of nitrogens with zero attached hydrogens (tertiary/aromatic N) is 5. The number of tetrazole rings is 1. The SMILES string of the molecule is COC(Cn1nnnc1SCC(=O)N1CCCCC1)OC. The molecule has 9 heteroatoms. The Kier molecular flexibility index (Phi) is 6.40. The van der Waals surface area contributed by atoms with Crippen molar-refractivity contribution >= 4 is 17.7 Å². The van der Waals surface area contributed by atoms with Crippen LogP contribution in [0, 0.1) is 0 Å². The Hall–Kier alpha value is -1.19. The molecule has 0 radical (unpaired) electrons. The van der Waals surface area contributed by atoms with Gasteiger partial charge in [-0.25, -0.2) is 4.68 Å². The number of ether oxygens (including phenoxy) is 2. The number of methoxy groups -OCH3 is 2. The minimum absolute atomic E-state index is 0.143. The fourth-order valence-electron chi connectivity index (χ4n) is 2.16. The lowest BCUT2D eigenvalue weighted by molar-refractivity contribution is -0.129. The third kappa shape index (κ3) is 4.65. The number of piperidine rings is 1. The predicted octanol–water partition coefficient (Wildman–Crippen LogP) is 0.397. The number of amides is 1. The molecule has 21 heavy (non-hydrogen) atoms. The smallest absolute Gasteiger partial charge is 0.233 e. The summed E-state index contributed by atoms with van der Waals surface area (Å²) >= 11 is 1.34. The van der Waals surface area contributed by atoms with E-state index in [9.17, 15) is 4.79 Å². The van der Waals surface area contributed by atoms with Crippen molar-refractivity contribution in [2.24, 2.45) is 0 Å². The zero-order valence-electron chi connectivity index (χ0n) is 12.4. The van der Waals surface area contributed by atoms with Crippen LogP contribution in [-0.4, -0.2) is 70.4 Å². The number of hydrogen-bond donors (Lipinski definition) is 0. The van der Waals surface area contributed by atoms with Gasteiger partial charge in [0, 0.05) is 27.3 Å². The Morgan fingerprint density at radius 3 is 2.67 bits per heavy atom. The molecular weight excluding hydrogens is 294 g/mol. The molecule has 1 aromatic rings. The molecule has 0 N–H and O–H groups in total. The minimum atomic E-state index is -0.411. The lowest BCUT2D eigenvalue weighted by Gasteiger charge is -2.26. The third-order valence-electron chi connectivity index (χ3n) is 3.38. The number of likely N-dealkylation sites (tertiary alicyclic amines) is 1. The van der Waals surface area contributed by atoms with Crippen molar-refractivity contribution in [2.45, 2.75) is 37.3 Å². The third-order valence-corrected chi connectivity index (χ3v) is 4.32. The molecule has 0 aliphatic carbocycles. The maximum absolute atomic E-state index is 12.1. The van der Waals surface area contributed by atoms with Gasteiger partial charge in [-0.2, -0.15) is 0 Å². The van der Waals surface area contributed by atoms with E-state index in [1.54, 1.807) is 18.9 Å². The van der Waals surface area contributed by atoms with Crippen LogP contribution < -0.4 is 0 Å². The summed E-state index contributed by atoms with van der Waals surface area (Å²) in [5.74, 6) is 0.495. The first kappa shape index (κ1) is 16.2. The van der Waals surface area contributed by atoms with Gasteiger partial charge in [-0.15, -0.1) is 5.10 Å². The van der Waals surface area contributed by atoms with Crippen molar-refractivity contribution < 1.29 is 14.3 Å². The molecule has 1 aliphatic heterocycles. The van der Waals surface area contributed by atoms with Gasteiger partial charge in [0.1, 0.15) is 0 Å². The van der Waals surface area contributed by atoms with E-state index < -0.39 is 6.29 Å². The molecule has 0 bridgehead atoms. The molecule has 1 aromatic heterocycles. The van der Waals surface area contributed by atoms with Crippen LogP contribution in [0.2, 0.25) is 0 Å². The fourth-order valence-corrected chi connectivity index (χ4v) is 2.95. The maximum atomic E-state index is 12.1. The zero-order valence-corrected chi connectivity index (χ0v) is 13.2. The van der Waals surface area contributed by atoms with E-state index in [0.717, 1.165) is 25.9 Å². The second-order valence-corrected chi connectivity index (χ2v) is 5.72. The predicted molar refractivity (Wildman–Crippen MR) is 76.8 cm³/mol. The van der Waals surface area contributed by atoms with E-state index in [1.165, 1.54) is 18.2 Å². The Morgan fingerprint density at radius 2 is 2.00 bits per heavy atom. The molecule has 0 atom stereocenters. The largest absolute Gasteiger partial charge is 0.354 e. The number of hydrogen-bond acceptors (Lipinski definition) is 7. The van der Waals surface area contributed by atoms with Crippen molar-refractivity contribution in [3.63, 3.8) is 0 Å². The second-order valence-electron chi connectivity index (χ2n) is 4.77. The standard InChI is InChI=1S/C12H21N5O3S/c1-19-11(20-2)8-17-12(13-14-15-17)21-9-10(18)16-6-4-3-5-7-16/h11H,3-9H2,1-2H3. The fraction of sp³-hybridized carbons (Fsp3) is 0.833. The van der Waals surface area contributed by atoms with Gasteiger partial charge >= 0.3 is 0 Å². The van der Waals surface area contributed by atoms with E-state index in [1.807, 2.05) is 4.90 Å². The van der Waals surface area contributed by atoms with Crippen LogP contribution in [0.5, 0.6) is 0 Å². The second kappa shape index (κ2) is 8.30. The number of carbonyl (C=O) groups excluding carboxylic acids is 1. The Labute approximate surface area is 128 Å². The lowest BCUT2D eigenvalue weighted by atomic mass is 10.1. The molecule has 2 rings (SSSR count). The van der Waals surface area contributed by atoms with Crippen molar-refractivity contribution in [3.05, 3.63) is 0 Å². The van der Waals surface area contributed by atoms with Gasteiger partial charge in [-0.3, -0.25) is 4.79 Å². The molecule has 1 fully saturated rings. The summed E-state index contributed by atoms with van der Waals surface area (Å²) in [6.45, 7) is 2.11. The molecule has 2 heterocycles. The highest BCUT2D eigenvalue weighted by Crippen LogP contribution is 2.17. The molecule has 0 spiro atoms. The summed E-state index contributed by atoms with van der Waals surface area (Å²) in [6, 6.07) is 0. The van der Waals surface area contributed by atoms with E-state index in [2.05, 4.69) is 15.5 Å². The van der Waals surface area contributed by atoms with Gasteiger partial charge < -0.3 is 14.4 Å². The normalized spacial score (nSPS) is 15.7. The monoisotopic (exact) mass is 315 g/mol. The number of aromatic nitrogens is 4. The Morgan fingerprint density at radius 1 is 1.29 bits per heavy atom. The van der Waals surface area contributed by atoms with Gasteiger partial charge in [0.05, 0.1) is 12.3 Å². The Balaban J connectivity index is 1.85. The quantitative estimate of drug-likeness (QED) is 0.532. The first-order valence-corrected chi connectivity index (χ1v) is 7.95. The van der Waals surface area contributed by atoms with Crippen LogP contribution in [0.25, 0.3) is 0 Å². The molecule has 1 aliphatic rings. The molecule has 0 unspecified atom stereocenters. The topological polar surface area (TPSA) is 82.4 Å². The highest BCUT2D eigenvalue weighted by atomic mass is 32.2. The number of rotatable bonds is 7. The maximum Gasteiger partial charge on any atom is 0.233 e. The van der Waals surface area contributed by atoms with Gasteiger partial charge in [0.15, 0.2) is 6.29 Å². The minimum Gasteiger partial charge on any atom is -0.354 e. The van der Waals surface area contributed by atoms with Gasteiger partial charge in [0.2, 0.25) is 11.1 Å². The van der Waals surface area contributed by atoms with Crippen molar-refractivity contribution in [2.75, 3.05) is 33.1 Å². The van der Waals surface area contributed by atoms with E-state index in [-0.39, 0.29) is 5.91 Å². The lowest BCUT2D eigenvalue weighted by Crippen LogP contribution is -2.36.